The van der Waals surface area contributed by atoms with E-state index in [0.717, 1.165) is 29.7 Å². The zero-order chi connectivity index (χ0) is 21.3. The summed E-state index contributed by atoms with van der Waals surface area (Å²) in [6.45, 7) is 2.00. The van der Waals surface area contributed by atoms with E-state index < -0.39 is 0 Å². The number of fused-ring (bicyclic) bond motifs is 1. The number of amides is 1. The Morgan fingerprint density at radius 1 is 1.17 bits per heavy atom. The lowest BCUT2D eigenvalue weighted by atomic mass is 9.96. The number of benzene rings is 2. The Labute approximate surface area is 174 Å². The maximum Gasteiger partial charge on any atom is 0.233 e. The lowest BCUT2D eigenvalue weighted by molar-refractivity contribution is -0.118. The van der Waals surface area contributed by atoms with E-state index in [1.165, 1.54) is 12.1 Å². The quantitative estimate of drug-likeness (QED) is 0.624. The third-order valence-electron chi connectivity index (χ3n) is 5.40. The second-order valence-corrected chi connectivity index (χ2v) is 7.35. The van der Waals surface area contributed by atoms with Crippen LogP contribution in [-0.2, 0) is 17.6 Å². The number of aryl methyl sites for hydroxylation is 1. The summed E-state index contributed by atoms with van der Waals surface area (Å²) in [5, 5.41) is 4.07. The van der Waals surface area contributed by atoms with Crippen molar-refractivity contribution < 1.29 is 23.2 Å². The van der Waals surface area contributed by atoms with Crippen LogP contribution in [0.5, 0.6) is 11.5 Å². The summed E-state index contributed by atoms with van der Waals surface area (Å²) >= 11 is 0. The molecular formula is C23H23FN2O4. The van der Waals surface area contributed by atoms with Gasteiger partial charge in [-0.05, 0) is 61.7 Å². The average Bonchev–Trinajstić information content (AvgIpc) is 3.21. The predicted molar refractivity (Wildman–Crippen MR) is 110 cm³/mol. The number of rotatable bonds is 5. The maximum absolute atomic E-state index is 13.6. The fourth-order valence-corrected chi connectivity index (χ4v) is 3.86. The van der Waals surface area contributed by atoms with Crippen LogP contribution in [0.3, 0.4) is 0 Å². The Morgan fingerprint density at radius 3 is 2.73 bits per heavy atom. The van der Waals surface area contributed by atoms with Gasteiger partial charge in [-0.25, -0.2) is 4.39 Å². The van der Waals surface area contributed by atoms with Crippen LogP contribution in [0.1, 0.15) is 24.6 Å². The number of ether oxygens (including phenoxy) is 2. The Morgan fingerprint density at radius 2 is 1.97 bits per heavy atom. The molecule has 4 rings (SSSR count). The van der Waals surface area contributed by atoms with Crippen LogP contribution in [0.2, 0.25) is 0 Å². The molecule has 7 heteroatoms. The predicted octanol–water partition coefficient (Wildman–Crippen LogP) is 4.41. The van der Waals surface area contributed by atoms with Crippen LogP contribution >= 0.6 is 0 Å². The summed E-state index contributed by atoms with van der Waals surface area (Å²) in [5.74, 6) is 1.35. The first-order chi connectivity index (χ1) is 14.5. The highest BCUT2D eigenvalue weighted by atomic mass is 19.1. The van der Waals surface area contributed by atoms with Crippen molar-refractivity contribution in [1.82, 2.24) is 5.16 Å². The van der Waals surface area contributed by atoms with Crippen molar-refractivity contribution >= 4 is 11.6 Å². The van der Waals surface area contributed by atoms with E-state index in [1.807, 2.05) is 13.0 Å². The molecule has 0 saturated heterocycles. The first-order valence-corrected chi connectivity index (χ1v) is 9.78. The molecule has 0 fully saturated rings. The molecule has 30 heavy (non-hydrogen) atoms. The van der Waals surface area contributed by atoms with E-state index in [2.05, 4.69) is 5.16 Å². The molecule has 0 N–H and O–H groups in total. The average molecular weight is 410 g/mol. The molecule has 1 aliphatic heterocycles. The number of nitrogens with zero attached hydrogens (tertiary/aromatic N) is 2. The molecule has 0 unspecified atom stereocenters. The zero-order valence-electron chi connectivity index (χ0n) is 17.1. The first-order valence-electron chi connectivity index (χ1n) is 9.78. The van der Waals surface area contributed by atoms with Gasteiger partial charge in [-0.2, -0.15) is 0 Å². The lowest BCUT2D eigenvalue weighted by Crippen LogP contribution is -2.43. The van der Waals surface area contributed by atoms with Gasteiger partial charge in [0.2, 0.25) is 5.91 Å². The molecule has 1 atom stereocenters. The SMILES string of the molecule is COc1ccc(-c2cc(CC(=O)N3c4ccc(F)cc4CC[C@H]3C)no2)cc1OC. The minimum Gasteiger partial charge on any atom is -0.493 e. The van der Waals surface area contributed by atoms with Gasteiger partial charge < -0.3 is 18.9 Å². The van der Waals surface area contributed by atoms with Crippen molar-refractivity contribution in [1.29, 1.82) is 0 Å². The molecule has 156 valence electrons. The van der Waals surface area contributed by atoms with Gasteiger partial charge in [-0.1, -0.05) is 5.16 Å². The fourth-order valence-electron chi connectivity index (χ4n) is 3.86. The summed E-state index contributed by atoms with van der Waals surface area (Å²) in [4.78, 5) is 14.8. The minimum atomic E-state index is -0.285. The van der Waals surface area contributed by atoms with Crippen molar-refractivity contribution in [2.75, 3.05) is 19.1 Å². The van der Waals surface area contributed by atoms with E-state index in [4.69, 9.17) is 14.0 Å². The Bertz CT molecular complexity index is 1080. The van der Waals surface area contributed by atoms with E-state index >= 15 is 0 Å². The van der Waals surface area contributed by atoms with Crippen LogP contribution in [0, 0.1) is 5.82 Å². The van der Waals surface area contributed by atoms with Gasteiger partial charge in [0.05, 0.1) is 26.3 Å². The van der Waals surface area contributed by atoms with Gasteiger partial charge in [0.25, 0.3) is 0 Å². The molecule has 0 radical (unpaired) electrons. The maximum atomic E-state index is 13.6. The number of carbonyl (C=O) groups excluding carboxylic acids is 1. The number of hydrogen-bond donors (Lipinski definition) is 0. The normalized spacial score (nSPS) is 15.6. The van der Waals surface area contributed by atoms with Crippen molar-refractivity contribution in [3.63, 3.8) is 0 Å². The first kappa shape index (κ1) is 19.9. The summed E-state index contributed by atoms with van der Waals surface area (Å²) < 4.78 is 29.6. The molecule has 2 aromatic carbocycles. The zero-order valence-corrected chi connectivity index (χ0v) is 17.1. The number of anilines is 1. The number of aromatic nitrogens is 1. The molecule has 0 saturated carbocycles. The summed E-state index contributed by atoms with van der Waals surface area (Å²) in [6.07, 6.45) is 1.64. The molecule has 1 amide bonds. The topological polar surface area (TPSA) is 64.8 Å². The molecule has 1 aliphatic rings. The van der Waals surface area contributed by atoms with E-state index in [0.29, 0.717) is 23.0 Å². The summed E-state index contributed by atoms with van der Waals surface area (Å²) in [6, 6.07) is 11.8. The fraction of sp³-hybridized carbons (Fsp3) is 0.304. The second-order valence-electron chi connectivity index (χ2n) is 7.35. The molecular weight excluding hydrogens is 387 g/mol. The number of halogens is 1. The number of hydrogen-bond acceptors (Lipinski definition) is 5. The second kappa shape index (κ2) is 8.18. The van der Waals surface area contributed by atoms with Crippen LogP contribution in [0.4, 0.5) is 10.1 Å². The third-order valence-corrected chi connectivity index (χ3v) is 5.40. The molecule has 0 bridgehead atoms. The Kier molecular flexibility index (Phi) is 5.44. The third kappa shape index (κ3) is 3.75. The highest BCUT2D eigenvalue weighted by Crippen LogP contribution is 2.34. The number of methoxy groups -OCH3 is 2. The molecule has 1 aromatic heterocycles. The van der Waals surface area contributed by atoms with Crippen LogP contribution in [-0.4, -0.2) is 31.3 Å². The van der Waals surface area contributed by atoms with E-state index in [-0.39, 0.29) is 24.2 Å². The lowest BCUT2D eigenvalue weighted by Gasteiger charge is -2.35. The molecule has 0 spiro atoms. The number of carbonyl (C=O) groups is 1. The minimum absolute atomic E-state index is 0.0349. The Balaban J connectivity index is 1.55. The van der Waals surface area contributed by atoms with Gasteiger partial charge in [0.15, 0.2) is 17.3 Å². The van der Waals surface area contributed by atoms with Gasteiger partial charge in [0.1, 0.15) is 5.82 Å². The van der Waals surface area contributed by atoms with Crippen LogP contribution < -0.4 is 14.4 Å². The smallest absolute Gasteiger partial charge is 0.233 e. The summed E-state index contributed by atoms with van der Waals surface area (Å²) in [7, 11) is 3.14. The highest BCUT2D eigenvalue weighted by Gasteiger charge is 2.29. The van der Waals surface area contributed by atoms with E-state index in [9.17, 15) is 9.18 Å². The molecule has 2 heterocycles. The van der Waals surface area contributed by atoms with Crippen molar-refractivity contribution in [2.24, 2.45) is 0 Å². The molecule has 0 aliphatic carbocycles. The van der Waals surface area contributed by atoms with Gasteiger partial charge in [-0.3, -0.25) is 4.79 Å². The molecule has 3 aromatic rings. The van der Waals surface area contributed by atoms with Crippen LogP contribution in [0.25, 0.3) is 11.3 Å². The van der Waals surface area contributed by atoms with Crippen molar-refractivity contribution in [2.45, 2.75) is 32.2 Å². The van der Waals surface area contributed by atoms with Gasteiger partial charge >= 0.3 is 0 Å². The standard InChI is InChI=1S/C23H23FN2O4/c1-14-4-5-15-10-17(24)7-8-19(15)26(14)23(27)13-18-12-21(30-25-18)16-6-9-20(28-2)22(11-16)29-3/h6-12,14H,4-5,13H2,1-3H3/t14-/m1/s1. The van der Waals surface area contributed by atoms with Crippen LogP contribution in [0.15, 0.2) is 47.0 Å². The van der Waals surface area contributed by atoms with E-state index in [1.54, 1.807) is 43.4 Å². The van der Waals surface area contributed by atoms with Crippen molar-refractivity contribution in [3.05, 3.63) is 59.5 Å². The monoisotopic (exact) mass is 410 g/mol. The Hall–Kier alpha value is -3.35. The van der Waals surface area contributed by atoms with Crippen molar-refractivity contribution in [3.8, 4) is 22.8 Å². The molecule has 6 nitrogen and oxygen atoms in total. The summed E-state index contributed by atoms with van der Waals surface area (Å²) in [5.41, 5.74) is 2.92. The highest BCUT2D eigenvalue weighted by molar-refractivity contribution is 5.96. The largest absolute Gasteiger partial charge is 0.493 e. The van der Waals surface area contributed by atoms with Gasteiger partial charge in [-0.15, -0.1) is 0 Å². The van der Waals surface area contributed by atoms with Gasteiger partial charge in [0, 0.05) is 23.4 Å².